The summed E-state index contributed by atoms with van der Waals surface area (Å²) >= 11 is 1.31. The van der Waals surface area contributed by atoms with Crippen LogP contribution in [0.25, 0.3) is 10.3 Å². The van der Waals surface area contributed by atoms with Crippen LogP contribution in [0.4, 0.5) is 5.13 Å². The minimum absolute atomic E-state index is 0. The van der Waals surface area contributed by atoms with Gasteiger partial charge < -0.3 is 15.4 Å². The Hall–Kier alpha value is -2.31. The smallest absolute Gasteiger partial charge is 0.243 e. The summed E-state index contributed by atoms with van der Waals surface area (Å²) in [5.41, 5.74) is 1.52. The van der Waals surface area contributed by atoms with Gasteiger partial charge in [-0.1, -0.05) is 49.2 Å². The lowest BCUT2D eigenvalue weighted by Crippen LogP contribution is -2.46. The lowest BCUT2D eigenvalue weighted by Gasteiger charge is -2.27. The number of anilines is 1. The Morgan fingerprint density at radius 2 is 1.84 bits per heavy atom. The molecule has 1 aliphatic carbocycles. The standard InChI is InChI=1S/C25H31N5O4S2.ClH/c1-34-22-11-10-21-24(28-22)35-25(27-21)29-23(31)20(16-17-4-2-3-5-17)18-6-8-19(9-7-18)36(32,33)30-14-12-26-13-15-30;/h6-11,17,20,26H,2-5,12-16H2,1H3,(H,27,29,31);1H. The fraction of sp³-hybridized carbons (Fsp3) is 0.480. The fourth-order valence-corrected chi connectivity index (χ4v) is 7.31. The quantitative estimate of drug-likeness (QED) is 0.424. The zero-order valence-electron chi connectivity index (χ0n) is 20.7. The number of carbonyl (C=O) groups is 1. The minimum atomic E-state index is -3.55. The van der Waals surface area contributed by atoms with Gasteiger partial charge in [0.25, 0.3) is 0 Å². The van der Waals surface area contributed by atoms with Crippen LogP contribution in [0.3, 0.4) is 0 Å². The first-order valence-electron chi connectivity index (χ1n) is 12.4. The predicted octanol–water partition coefficient (Wildman–Crippen LogP) is 4.02. The maximum absolute atomic E-state index is 13.5. The highest BCUT2D eigenvalue weighted by Gasteiger charge is 2.29. The van der Waals surface area contributed by atoms with E-state index in [-0.39, 0.29) is 23.2 Å². The molecule has 0 radical (unpaired) electrons. The van der Waals surface area contributed by atoms with Crippen molar-refractivity contribution in [3.63, 3.8) is 0 Å². The summed E-state index contributed by atoms with van der Waals surface area (Å²) in [6.07, 6.45) is 5.33. The molecular formula is C25H32ClN5O4S2. The Bertz CT molecular complexity index is 1320. The lowest BCUT2D eigenvalue weighted by atomic mass is 9.87. The van der Waals surface area contributed by atoms with Crippen molar-refractivity contribution in [2.75, 3.05) is 38.6 Å². The first-order chi connectivity index (χ1) is 17.4. The number of rotatable bonds is 8. The van der Waals surface area contributed by atoms with E-state index in [1.165, 1.54) is 28.5 Å². The molecule has 3 aromatic rings. The number of carbonyl (C=O) groups excluding carboxylic acids is 1. The second-order valence-corrected chi connectivity index (χ2v) is 12.3. The van der Waals surface area contributed by atoms with Crippen molar-refractivity contribution in [2.45, 2.75) is 42.9 Å². The highest BCUT2D eigenvalue weighted by Crippen LogP contribution is 2.36. The number of thiazole rings is 1. The van der Waals surface area contributed by atoms with Crippen LogP contribution in [-0.4, -0.2) is 61.9 Å². The number of nitrogens with one attached hydrogen (secondary N) is 2. The van der Waals surface area contributed by atoms with E-state index in [9.17, 15) is 13.2 Å². The van der Waals surface area contributed by atoms with E-state index in [1.807, 2.05) is 6.07 Å². The van der Waals surface area contributed by atoms with Crippen molar-refractivity contribution in [2.24, 2.45) is 5.92 Å². The molecule has 37 heavy (non-hydrogen) atoms. The van der Waals surface area contributed by atoms with Crippen molar-refractivity contribution in [1.82, 2.24) is 19.6 Å². The topological polar surface area (TPSA) is 114 Å². The zero-order valence-corrected chi connectivity index (χ0v) is 23.1. The number of hydrogen-bond donors (Lipinski definition) is 2. The van der Waals surface area contributed by atoms with E-state index >= 15 is 0 Å². The van der Waals surface area contributed by atoms with Crippen LogP contribution in [0.2, 0.25) is 0 Å². The maximum atomic E-state index is 13.5. The van der Waals surface area contributed by atoms with Gasteiger partial charge in [0.2, 0.25) is 21.8 Å². The van der Waals surface area contributed by atoms with Crippen LogP contribution in [0, 0.1) is 5.92 Å². The van der Waals surface area contributed by atoms with E-state index in [2.05, 4.69) is 20.6 Å². The zero-order chi connectivity index (χ0) is 25.1. The first-order valence-corrected chi connectivity index (χ1v) is 14.6. The van der Waals surface area contributed by atoms with Crippen molar-refractivity contribution in [3.8, 4) is 5.88 Å². The molecule has 2 N–H and O–H groups in total. The van der Waals surface area contributed by atoms with Gasteiger partial charge in [-0.25, -0.2) is 18.4 Å². The van der Waals surface area contributed by atoms with Crippen LogP contribution < -0.4 is 15.4 Å². The van der Waals surface area contributed by atoms with Crippen LogP contribution in [0.1, 0.15) is 43.6 Å². The summed E-state index contributed by atoms with van der Waals surface area (Å²) < 4.78 is 32.8. The Morgan fingerprint density at radius 3 is 2.51 bits per heavy atom. The number of hydrogen-bond acceptors (Lipinski definition) is 8. The lowest BCUT2D eigenvalue weighted by molar-refractivity contribution is -0.118. The molecular weight excluding hydrogens is 534 g/mol. The van der Waals surface area contributed by atoms with Crippen LogP contribution in [0.15, 0.2) is 41.3 Å². The van der Waals surface area contributed by atoms with Crippen molar-refractivity contribution < 1.29 is 17.9 Å². The molecule has 5 rings (SSSR count). The molecule has 1 saturated carbocycles. The maximum Gasteiger partial charge on any atom is 0.243 e. The molecule has 3 heterocycles. The molecule has 1 saturated heterocycles. The van der Waals surface area contributed by atoms with E-state index in [4.69, 9.17) is 4.74 Å². The molecule has 1 amide bonds. The SMILES string of the molecule is COc1ccc2nc(NC(=O)C(CC3CCCC3)c3ccc(S(=O)(=O)N4CCNCC4)cc3)sc2n1.Cl. The van der Waals surface area contributed by atoms with Crippen LogP contribution >= 0.6 is 23.7 Å². The number of nitrogens with zero attached hydrogens (tertiary/aromatic N) is 3. The number of sulfonamides is 1. The Balaban J connectivity index is 0.00000320. The average molecular weight is 566 g/mol. The fourth-order valence-electron chi connectivity index (χ4n) is 5.04. The molecule has 0 spiro atoms. The summed E-state index contributed by atoms with van der Waals surface area (Å²) in [7, 11) is -1.99. The Labute approximate surface area is 227 Å². The number of amides is 1. The Morgan fingerprint density at radius 1 is 1.14 bits per heavy atom. The van der Waals surface area contributed by atoms with Crippen LogP contribution in [-0.2, 0) is 14.8 Å². The molecule has 2 fully saturated rings. The van der Waals surface area contributed by atoms with Gasteiger partial charge in [0.05, 0.1) is 17.9 Å². The van der Waals surface area contributed by atoms with Gasteiger partial charge in [0, 0.05) is 32.2 Å². The molecule has 1 atom stereocenters. The summed E-state index contributed by atoms with van der Waals surface area (Å²) in [6, 6.07) is 10.4. The van der Waals surface area contributed by atoms with Gasteiger partial charge in [-0.05, 0) is 36.1 Å². The molecule has 2 aliphatic rings. The summed E-state index contributed by atoms with van der Waals surface area (Å²) in [5.74, 6) is 0.453. The number of pyridine rings is 1. The summed E-state index contributed by atoms with van der Waals surface area (Å²) in [5, 5.41) is 6.66. The van der Waals surface area contributed by atoms with Gasteiger partial charge in [-0.15, -0.1) is 12.4 Å². The highest BCUT2D eigenvalue weighted by atomic mass is 35.5. The van der Waals surface area contributed by atoms with Crippen LogP contribution in [0.5, 0.6) is 5.88 Å². The van der Waals surface area contributed by atoms with Gasteiger partial charge in [-0.2, -0.15) is 4.31 Å². The highest BCUT2D eigenvalue weighted by molar-refractivity contribution is 7.89. The molecule has 1 aliphatic heterocycles. The van der Waals surface area contributed by atoms with Gasteiger partial charge in [0.15, 0.2) is 5.13 Å². The van der Waals surface area contributed by atoms with Gasteiger partial charge in [-0.3, -0.25) is 4.79 Å². The molecule has 0 bridgehead atoms. The third kappa shape index (κ3) is 6.23. The van der Waals surface area contributed by atoms with E-state index in [0.29, 0.717) is 53.5 Å². The van der Waals surface area contributed by atoms with Gasteiger partial charge >= 0.3 is 0 Å². The first kappa shape index (κ1) is 27.7. The van der Waals surface area contributed by atoms with Crippen molar-refractivity contribution in [3.05, 3.63) is 42.0 Å². The normalized spacial score (nSPS) is 17.9. The number of halogens is 1. The molecule has 1 unspecified atom stereocenters. The van der Waals surface area contributed by atoms with Gasteiger partial charge in [0.1, 0.15) is 10.3 Å². The monoisotopic (exact) mass is 565 g/mol. The molecule has 200 valence electrons. The second kappa shape index (κ2) is 12.0. The average Bonchev–Trinajstić information content (AvgIpc) is 3.56. The third-order valence-electron chi connectivity index (χ3n) is 7.03. The number of ether oxygens (including phenoxy) is 1. The predicted molar refractivity (Wildman–Crippen MR) is 147 cm³/mol. The largest absolute Gasteiger partial charge is 0.481 e. The number of aromatic nitrogens is 2. The van der Waals surface area contributed by atoms with Crippen molar-refractivity contribution in [1.29, 1.82) is 0 Å². The third-order valence-corrected chi connectivity index (χ3v) is 9.82. The molecule has 12 heteroatoms. The molecule has 2 aromatic heterocycles. The molecule has 1 aromatic carbocycles. The number of benzene rings is 1. The second-order valence-electron chi connectivity index (χ2n) is 9.35. The summed E-state index contributed by atoms with van der Waals surface area (Å²) in [4.78, 5) is 23.4. The van der Waals surface area contributed by atoms with Crippen molar-refractivity contribution >= 4 is 55.2 Å². The van der Waals surface area contributed by atoms with E-state index in [1.54, 1.807) is 37.4 Å². The van der Waals surface area contributed by atoms with E-state index < -0.39 is 15.9 Å². The summed E-state index contributed by atoms with van der Waals surface area (Å²) in [6.45, 7) is 2.21. The van der Waals surface area contributed by atoms with E-state index in [0.717, 1.165) is 24.8 Å². The number of piperazine rings is 1. The number of fused-ring (bicyclic) bond motifs is 1. The Kier molecular flexibility index (Phi) is 9.02. The molecule has 9 nitrogen and oxygen atoms in total. The minimum Gasteiger partial charge on any atom is -0.481 e. The number of methoxy groups -OCH3 is 1.